The van der Waals surface area contributed by atoms with Crippen molar-refractivity contribution in [3.63, 3.8) is 0 Å². The number of aromatic hydroxyl groups is 1. The zero-order chi connectivity index (χ0) is 11.3. The lowest BCUT2D eigenvalue weighted by Crippen LogP contribution is -2.31. The number of nitrogens with zero attached hydrogens (tertiary/aromatic N) is 1. The molecule has 0 unspecified atom stereocenters. The van der Waals surface area contributed by atoms with Crippen molar-refractivity contribution >= 4 is 0 Å². The fourth-order valence-electron chi connectivity index (χ4n) is 1.48. The number of likely N-dealkylation sites (N-methyl/N-ethyl adjacent to an activating group) is 1. The third-order valence-electron chi connectivity index (χ3n) is 2.53. The molecule has 80 valence electrons. The van der Waals surface area contributed by atoms with Gasteiger partial charge in [0.15, 0.2) is 0 Å². The number of benzene rings is 1. The number of phenolic OH excluding ortho intramolecular Hbond substituents is 1. The number of rotatable bonds is 4. The van der Waals surface area contributed by atoms with Gasteiger partial charge < -0.3 is 5.11 Å². The predicted octanol–water partition coefficient (Wildman–Crippen LogP) is 1.89. The highest BCUT2D eigenvalue weighted by Crippen LogP contribution is 2.13. The summed E-state index contributed by atoms with van der Waals surface area (Å²) < 4.78 is 0. The Morgan fingerprint density at radius 1 is 1.53 bits per heavy atom. The van der Waals surface area contributed by atoms with E-state index in [1.54, 1.807) is 12.1 Å². The van der Waals surface area contributed by atoms with E-state index in [9.17, 15) is 5.11 Å². The summed E-state index contributed by atoms with van der Waals surface area (Å²) >= 11 is 0. The molecule has 0 aromatic heterocycles. The maximum absolute atomic E-state index is 9.32. The molecule has 0 saturated carbocycles. The molecule has 0 heterocycles. The number of phenols is 1. The topological polar surface area (TPSA) is 23.5 Å². The van der Waals surface area contributed by atoms with E-state index >= 15 is 0 Å². The van der Waals surface area contributed by atoms with Crippen molar-refractivity contribution < 1.29 is 5.11 Å². The number of terminal acetylenes is 1. The average Bonchev–Trinajstić information content (AvgIpc) is 2.18. The minimum absolute atomic E-state index is 0.319. The van der Waals surface area contributed by atoms with E-state index in [4.69, 9.17) is 6.42 Å². The Bertz CT molecular complexity index is 354. The van der Waals surface area contributed by atoms with Crippen molar-refractivity contribution in [1.82, 2.24) is 4.90 Å². The second-order valence-electron chi connectivity index (χ2n) is 3.84. The smallest absolute Gasteiger partial charge is 0.115 e. The molecule has 15 heavy (non-hydrogen) atoms. The first kappa shape index (κ1) is 11.6. The zero-order valence-corrected chi connectivity index (χ0v) is 9.27. The maximum atomic E-state index is 9.32. The summed E-state index contributed by atoms with van der Waals surface area (Å²) in [7, 11) is 2.01. The molecule has 0 spiro atoms. The number of hydrogen-bond acceptors (Lipinski definition) is 2. The highest BCUT2D eigenvalue weighted by atomic mass is 16.3. The second-order valence-corrected chi connectivity index (χ2v) is 3.84. The van der Waals surface area contributed by atoms with Crippen molar-refractivity contribution in [2.24, 2.45) is 0 Å². The Labute approximate surface area is 91.5 Å². The zero-order valence-electron chi connectivity index (χ0n) is 9.27. The van der Waals surface area contributed by atoms with E-state index in [2.05, 4.69) is 17.7 Å². The van der Waals surface area contributed by atoms with Crippen molar-refractivity contribution in [1.29, 1.82) is 0 Å². The standard InChI is InChI=1S/C13H17NO/c1-4-8-14(3)11(2)9-12-6-5-7-13(15)10-12/h1,5-7,10-11,15H,8-9H2,2-3H3/t11-/m0/s1. The minimum Gasteiger partial charge on any atom is -0.508 e. The summed E-state index contributed by atoms with van der Waals surface area (Å²) in [6.45, 7) is 2.78. The molecule has 1 atom stereocenters. The normalized spacial score (nSPS) is 12.4. The number of hydrogen-bond donors (Lipinski definition) is 1. The van der Waals surface area contributed by atoms with Crippen LogP contribution in [0.4, 0.5) is 0 Å². The van der Waals surface area contributed by atoms with Crippen LogP contribution in [0.2, 0.25) is 0 Å². The SMILES string of the molecule is C#CCN(C)[C@@H](C)Cc1cccc(O)c1. The van der Waals surface area contributed by atoms with Crippen molar-refractivity contribution in [3.05, 3.63) is 29.8 Å². The fraction of sp³-hybridized carbons (Fsp3) is 0.385. The lowest BCUT2D eigenvalue weighted by atomic mass is 10.1. The molecule has 1 aromatic rings. The van der Waals surface area contributed by atoms with Gasteiger partial charge >= 0.3 is 0 Å². The van der Waals surface area contributed by atoms with Crippen LogP contribution in [-0.4, -0.2) is 29.6 Å². The molecular formula is C13H17NO. The quantitative estimate of drug-likeness (QED) is 0.755. The molecule has 1 N–H and O–H groups in total. The molecule has 0 radical (unpaired) electrons. The fourth-order valence-corrected chi connectivity index (χ4v) is 1.48. The first-order valence-electron chi connectivity index (χ1n) is 5.05. The van der Waals surface area contributed by atoms with Crippen molar-refractivity contribution in [2.75, 3.05) is 13.6 Å². The Hall–Kier alpha value is -1.46. The van der Waals surface area contributed by atoms with Gasteiger partial charge in [0.05, 0.1) is 6.54 Å². The van der Waals surface area contributed by atoms with Gasteiger partial charge in [0.2, 0.25) is 0 Å². The molecule has 1 aromatic carbocycles. The van der Waals surface area contributed by atoms with Crippen LogP contribution in [0, 0.1) is 12.3 Å². The Kier molecular flexibility index (Phi) is 4.20. The lowest BCUT2D eigenvalue weighted by Gasteiger charge is -2.22. The first-order valence-corrected chi connectivity index (χ1v) is 5.05. The van der Waals surface area contributed by atoms with Crippen LogP contribution < -0.4 is 0 Å². The summed E-state index contributed by atoms with van der Waals surface area (Å²) in [6.07, 6.45) is 6.15. The first-order chi connectivity index (χ1) is 7.13. The highest BCUT2D eigenvalue weighted by Gasteiger charge is 2.08. The highest BCUT2D eigenvalue weighted by molar-refractivity contribution is 5.27. The molecular weight excluding hydrogens is 186 g/mol. The second kappa shape index (κ2) is 5.43. The maximum Gasteiger partial charge on any atom is 0.115 e. The van der Waals surface area contributed by atoms with E-state index < -0.39 is 0 Å². The molecule has 0 amide bonds. The van der Waals surface area contributed by atoms with Gasteiger partial charge in [-0.2, -0.15) is 0 Å². The van der Waals surface area contributed by atoms with Gasteiger partial charge in [-0.15, -0.1) is 6.42 Å². The van der Waals surface area contributed by atoms with Gasteiger partial charge in [0, 0.05) is 6.04 Å². The van der Waals surface area contributed by atoms with Gasteiger partial charge in [-0.05, 0) is 38.1 Å². The van der Waals surface area contributed by atoms with Crippen molar-refractivity contribution in [2.45, 2.75) is 19.4 Å². The van der Waals surface area contributed by atoms with Gasteiger partial charge in [-0.1, -0.05) is 18.1 Å². The van der Waals surface area contributed by atoms with E-state index in [-0.39, 0.29) is 0 Å². The monoisotopic (exact) mass is 203 g/mol. The largest absolute Gasteiger partial charge is 0.508 e. The average molecular weight is 203 g/mol. The van der Waals surface area contributed by atoms with E-state index in [1.807, 2.05) is 19.2 Å². The summed E-state index contributed by atoms with van der Waals surface area (Å²) in [5, 5.41) is 9.32. The predicted molar refractivity (Wildman–Crippen MR) is 62.7 cm³/mol. The third kappa shape index (κ3) is 3.65. The molecule has 2 heteroatoms. The van der Waals surface area contributed by atoms with Crippen LogP contribution in [0.1, 0.15) is 12.5 Å². The summed E-state index contributed by atoms with van der Waals surface area (Å²) in [5.74, 6) is 2.94. The van der Waals surface area contributed by atoms with Crippen molar-refractivity contribution in [3.8, 4) is 18.1 Å². The Morgan fingerprint density at radius 3 is 2.87 bits per heavy atom. The molecule has 0 fully saturated rings. The van der Waals surface area contributed by atoms with Crippen LogP contribution >= 0.6 is 0 Å². The van der Waals surface area contributed by atoms with Gasteiger partial charge in [0.25, 0.3) is 0 Å². The Balaban J connectivity index is 2.58. The van der Waals surface area contributed by atoms with Crippen LogP contribution in [0.25, 0.3) is 0 Å². The molecule has 0 bridgehead atoms. The van der Waals surface area contributed by atoms with Gasteiger partial charge in [-0.25, -0.2) is 0 Å². The molecule has 0 aliphatic heterocycles. The molecule has 2 nitrogen and oxygen atoms in total. The van der Waals surface area contributed by atoms with E-state index in [0.29, 0.717) is 18.3 Å². The van der Waals surface area contributed by atoms with E-state index in [0.717, 1.165) is 12.0 Å². The minimum atomic E-state index is 0.319. The summed E-state index contributed by atoms with van der Waals surface area (Å²) in [6, 6.07) is 7.72. The van der Waals surface area contributed by atoms with Gasteiger partial charge in [0.1, 0.15) is 5.75 Å². The molecule has 1 rings (SSSR count). The van der Waals surface area contributed by atoms with Crippen LogP contribution in [0.3, 0.4) is 0 Å². The van der Waals surface area contributed by atoms with Crippen LogP contribution in [0.5, 0.6) is 5.75 Å². The molecule has 0 aliphatic rings. The Morgan fingerprint density at radius 2 is 2.27 bits per heavy atom. The van der Waals surface area contributed by atoms with Gasteiger partial charge in [-0.3, -0.25) is 4.90 Å². The summed E-state index contributed by atoms with van der Waals surface area (Å²) in [4.78, 5) is 2.12. The van der Waals surface area contributed by atoms with Crippen LogP contribution in [-0.2, 0) is 6.42 Å². The summed E-state index contributed by atoms with van der Waals surface area (Å²) in [5.41, 5.74) is 1.13. The molecule has 0 saturated heterocycles. The lowest BCUT2D eigenvalue weighted by molar-refractivity contribution is 0.287. The molecule has 0 aliphatic carbocycles. The third-order valence-corrected chi connectivity index (χ3v) is 2.53. The van der Waals surface area contributed by atoms with Crippen LogP contribution in [0.15, 0.2) is 24.3 Å². The van der Waals surface area contributed by atoms with E-state index in [1.165, 1.54) is 0 Å².